The number of amides is 2. The van der Waals surface area contributed by atoms with Crippen molar-refractivity contribution < 1.29 is 18.0 Å². The van der Waals surface area contributed by atoms with Gasteiger partial charge < -0.3 is 10.2 Å². The lowest BCUT2D eigenvalue weighted by Crippen LogP contribution is -2.56. The predicted octanol–water partition coefficient (Wildman–Crippen LogP) is 1.40. The highest BCUT2D eigenvalue weighted by Gasteiger charge is 2.45. The van der Waals surface area contributed by atoms with Gasteiger partial charge in [0.15, 0.2) is 0 Å². The molecule has 3 nitrogen and oxygen atoms in total. The quantitative estimate of drug-likeness (QED) is 0.752. The Bertz CT molecular complexity index is 258. The summed E-state index contributed by atoms with van der Waals surface area (Å²) in [7, 11) is 0. The van der Waals surface area contributed by atoms with Gasteiger partial charge in [0.2, 0.25) is 5.92 Å². The minimum Gasteiger partial charge on any atom is -0.338 e. The van der Waals surface area contributed by atoms with Crippen molar-refractivity contribution in [2.75, 3.05) is 19.6 Å². The molecule has 2 amide bonds. The Labute approximate surface area is 85.6 Å². The molecule has 0 bridgehead atoms. The van der Waals surface area contributed by atoms with Crippen LogP contribution in [0, 0.1) is 5.92 Å². The van der Waals surface area contributed by atoms with E-state index in [1.807, 2.05) is 0 Å². The molecule has 0 spiro atoms. The first kappa shape index (κ1) is 10.6. The highest BCUT2D eigenvalue weighted by atomic mass is 19.3. The smallest absolute Gasteiger partial charge is 0.317 e. The molecular formula is C9H13F3N2O. The van der Waals surface area contributed by atoms with Gasteiger partial charge in [0.05, 0.1) is 13.1 Å². The fourth-order valence-electron chi connectivity index (χ4n) is 1.86. The van der Waals surface area contributed by atoms with E-state index in [2.05, 4.69) is 5.32 Å². The van der Waals surface area contributed by atoms with E-state index in [-0.39, 0.29) is 44.4 Å². The first-order valence-corrected chi connectivity index (χ1v) is 5.01. The van der Waals surface area contributed by atoms with Gasteiger partial charge in [-0.25, -0.2) is 18.0 Å². The van der Waals surface area contributed by atoms with Crippen molar-refractivity contribution in [3.63, 3.8) is 0 Å². The largest absolute Gasteiger partial charge is 0.338 e. The molecule has 86 valence electrons. The Hall–Kier alpha value is -0.940. The third kappa shape index (κ3) is 2.35. The lowest BCUT2D eigenvalue weighted by molar-refractivity contribution is -0.108. The Balaban J connectivity index is 1.61. The average Bonchev–Trinajstić information content (AvgIpc) is 2.05. The number of nitrogens with one attached hydrogen (secondary N) is 1. The molecule has 1 N–H and O–H groups in total. The second kappa shape index (κ2) is 3.57. The van der Waals surface area contributed by atoms with Crippen LogP contribution in [0.1, 0.15) is 12.8 Å². The number of nitrogens with zero attached hydrogens (tertiary/aromatic N) is 1. The number of hydrogen-bond acceptors (Lipinski definition) is 1. The van der Waals surface area contributed by atoms with E-state index in [1.54, 1.807) is 0 Å². The SMILES string of the molecule is O=C(NCC1CC(F)(F)C1)N1CC(F)C1. The Morgan fingerprint density at radius 1 is 1.40 bits per heavy atom. The van der Waals surface area contributed by atoms with E-state index in [0.29, 0.717) is 0 Å². The summed E-state index contributed by atoms with van der Waals surface area (Å²) in [5.41, 5.74) is 0. The lowest BCUT2D eigenvalue weighted by Gasteiger charge is -2.37. The molecule has 0 atom stereocenters. The van der Waals surface area contributed by atoms with Crippen molar-refractivity contribution in [1.82, 2.24) is 10.2 Å². The van der Waals surface area contributed by atoms with Crippen LogP contribution in [-0.4, -0.2) is 42.7 Å². The number of carbonyl (C=O) groups is 1. The van der Waals surface area contributed by atoms with E-state index in [0.717, 1.165) is 0 Å². The summed E-state index contributed by atoms with van der Waals surface area (Å²) >= 11 is 0. The van der Waals surface area contributed by atoms with Crippen molar-refractivity contribution in [3.05, 3.63) is 0 Å². The van der Waals surface area contributed by atoms with Crippen LogP contribution in [-0.2, 0) is 0 Å². The minimum atomic E-state index is -2.55. The molecular weight excluding hydrogens is 209 g/mol. The number of urea groups is 1. The van der Waals surface area contributed by atoms with Crippen molar-refractivity contribution >= 4 is 6.03 Å². The van der Waals surface area contributed by atoms with Crippen molar-refractivity contribution in [2.45, 2.75) is 24.9 Å². The van der Waals surface area contributed by atoms with Crippen LogP contribution in [0.5, 0.6) is 0 Å². The molecule has 6 heteroatoms. The van der Waals surface area contributed by atoms with E-state index < -0.39 is 12.1 Å². The fraction of sp³-hybridized carbons (Fsp3) is 0.889. The molecule has 1 saturated heterocycles. The average molecular weight is 222 g/mol. The second-order valence-corrected chi connectivity index (χ2v) is 4.32. The van der Waals surface area contributed by atoms with Crippen molar-refractivity contribution in [3.8, 4) is 0 Å². The summed E-state index contributed by atoms with van der Waals surface area (Å²) in [5, 5.41) is 2.53. The molecule has 0 radical (unpaired) electrons. The summed E-state index contributed by atoms with van der Waals surface area (Å²) in [6.07, 6.45) is -1.23. The van der Waals surface area contributed by atoms with E-state index in [9.17, 15) is 18.0 Å². The molecule has 2 fully saturated rings. The van der Waals surface area contributed by atoms with Gasteiger partial charge in [-0.1, -0.05) is 0 Å². The van der Waals surface area contributed by atoms with Crippen molar-refractivity contribution in [1.29, 1.82) is 0 Å². The summed E-state index contributed by atoms with van der Waals surface area (Å²) in [6, 6.07) is -0.348. The maximum Gasteiger partial charge on any atom is 0.317 e. The monoisotopic (exact) mass is 222 g/mol. The number of hydrogen-bond donors (Lipinski definition) is 1. The van der Waals surface area contributed by atoms with Gasteiger partial charge in [-0.2, -0.15) is 0 Å². The van der Waals surface area contributed by atoms with Crippen LogP contribution in [0.3, 0.4) is 0 Å². The molecule has 1 aliphatic carbocycles. The zero-order valence-electron chi connectivity index (χ0n) is 8.18. The minimum absolute atomic E-state index is 0.118. The summed E-state index contributed by atoms with van der Waals surface area (Å²) in [5.74, 6) is -2.68. The van der Waals surface area contributed by atoms with Gasteiger partial charge >= 0.3 is 6.03 Å². The van der Waals surface area contributed by atoms with Gasteiger partial charge in [0.25, 0.3) is 0 Å². The topological polar surface area (TPSA) is 32.3 Å². The molecule has 1 saturated carbocycles. The van der Waals surface area contributed by atoms with E-state index in [1.165, 1.54) is 4.90 Å². The molecule has 2 rings (SSSR count). The van der Waals surface area contributed by atoms with Crippen LogP contribution in [0.15, 0.2) is 0 Å². The van der Waals surface area contributed by atoms with Crippen molar-refractivity contribution in [2.24, 2.45) is 5.92 Å². The van der Waals surface area contributed by atoms with E-state index >= 15 is 0 Å². The maximum atomic E-state index is 12.4. The number of alkyl halides is 3. The van der Waals surface area contributed by atoms with Crippen LogP contribution in [0.25, 0.3) is 0 Å². The molecule has 0 aromatic rings. The van der Waals surface area contributed by atoms with Crippen LogP contribution in [0.4, 0.5) is 18.0 Å². The maximum absolute atomic E-state index is 12.4. The highest BCUT2D eigenvalue weighted by molar-refractivity contribution is 5.75. The van der Waals surface area contributed by atoms with Gasteiger partial charge in [0, 0.05) is 19.4 Å². The normalized spacial score (nSPS) is 25.7. The van der Waals surface area contributed by atoms with Crippen LogP contribution >= 0.6 is 0 Å². The van der Waals surface area contributed by atoms with Gasteiger partial charge in [0.1, 0.15) is 6.17 Å². The Kier molecular flexibility index (Phi) is 2.52. The summed E-state index contributed by atoms with van der Waals surface area (Å²) in [6.45, 7) is 0.501. The Morgan fingerprint density at radius 3 is 2.47 bits per heavy atom. The molecule has 1 heterocycles. The first-order valence-electron chi connectivity index (χ1n) is 5.01. The standard InChI is InChI=1S/C9H13F3N2O/c10-7-4-14(5-7)8(15)13-3-6-1-9(11,12)2-6/h6-7H,1-5H2,(H,13,15). The number of likely N-dealkylation sites (tertiary alicyclic amines) is 1. The zero-order valence-corrected chi connectivity index (χ0v) is 8.18. The van der Waals surface area contributed by atoms with Crippen LogP contribution < -0.4 is 5.32 Å². The summed E-state index contributed by atoms with van der Waals surface area (Å²) < 4.78 is 37.2. The molecule has 1 aliphatic heterocycles. The molecule has 0 unspecified atom stereocenters. The highest BCUT2D eigenvalue weighted by Crippen LogP contribution is 2.41. The van der Waals surface area contributed by atoms with Crippen LogP contribution in [0.2, 0.25) is 0 Å². The molecule has 0 aromatic heterocycles. The molecule has 0 aromatic carbocycles. The fourth-order valence-corrected chi connectivity index (χ4v) is 1.86. The molecule has 2 aliphatic rings. The molecule has 15 heavy (non-hydrogen) atoms. The number of rotatable bonds is 2. The van der Waals surface area contributed by atoms with E-state index in [4.69, 9.17) is 0 Å². The Morgan fingerprint density at radius 2 is 2.00 bits per heavy atom. The van der Waals surface area contributed by atoms with Gasteiger partial charge in [-0.05, 0) is 5.92 Å². The second-order valence-electron chi connectivity index (χ2n) is 4.32. The zero-order chi connectivity index (χ0) is 11.1. The number of halogens is 3. The summed E-state index contributed by atoms with van der Waals surface area (Å²) in [4.78, 5) is 12.6. The predicted molar refractivity (Wildman–Crippen MR) is 47.5 cm³/mol. The van der Waals surface area contributed by atoms with Gasteiger partial charge in [-0.3, -0.25) is 0 Å². The third-order valence-corrected chi connectivity index (χ3v) is 2.84. The van der Waals surface area contributed by atoms with Gasteiger partial charge in [-0.15, -0.1) is 0 Å². The first-order chi connectivity index (χ1) is 6.96. The number of carbonyl (C=O) groups excluding carboxylic acids is 1. The lowest BCUT2D eigenvalue weighted by atomic mass is 9.81. The third-order valence-electron chi connectivity index (χ3n) is 2.84.